The highest BCUT2D eigenvalue weighted by molar-refractivity contribution is 5.69. The summed E-state index contributed by atoms with van der Waals surface area (Å²) in [5.74, 6) is -0.398. The molecule has 3 heteroatoms. The number of hydrogen-bond donors (Lipinski definition) is 2. The molecule has 0 aliphatic heterocycles. The second-order valence-corrected chi connectivity index (χ2v) is 4.21. The maximum Gasteiger partial charge on any atom is 0.306 e. The van der Waals surface area contributed by atoms with Crippen LogP contribution in [0.15, 0.2) is 0 Å². The van der Waals surface area contributed by atoms with Crippen LogP contribution in [0.3, 0.4) is 0 Å². The molecule has 0 aliphatic rings. The fourth-order valence-electron chi connectivity index (χ4n) is 1.31. The maximum atomic E-state index is 10.5. The maximum absolute atomic E-state index is 10.5. The number of rotatable bonds is 6. The lowest BCUT2D eigenvalue weighted by atomic mass is 9.96. The first-order valence-corrected chi connectivity index (χ1v) is 4.91. The molecule has 0 saturated heterocycles. The lowest BCUT2D eigenvalue weighted by Gasteiger charge is -2.14. The van der Waals surface area contributed by atoms with Gasteiger partial charge in [0.05, 0.1) is 5.92 Å². The Morgan fingerprint density at radius 1 is 1.31 bits per heavy atom. The summed E-state index contributed by atoms with van der Waals surface area (Å²) in [5.41, 5.74) is 5.83. The van der Waals surface area contributed by atoms with E-state index in [9.17, 15) is 4.79 Å². The molecular weight excluding hydrogens is 166 g/mol. The smallest absolute Gasteiger partial charge is 0.306 e. The van der Waals surface area contributed by atoms with Crippen LogP contribution in [0.5, 0.6) is 0 Å². The van der Waals surface area contributed by atoms with Crippen LogP contribution in [0.4, 0.5) is 0 Å². The van der Waals surface area contributed by atoms with Crippen molar-refractivity contribution < 1.29 is 9.90 Å². The van der Waals surface area contributed by atoms with Crippen LogP contribution in [0.2, 0.25) is 0 Å². The molecule has 2 atom stereocenters. The minimum absolute atomic E-state index is 0.154. The van der Waals surface area contributed by atoms with Gasteiger partial charge < -0.3 is 10.8 Å². The van der Waals surface area contributed by atoms with E-state index in [2.05, 4.69) is 13.8 Å². The summed E-state index contributed by atoms with van der Waals surface area (Å²) < 4.78 is 0. The van der Waals surface area contributed by atoms with Crippen molar-refractivity contribution in [2.75, 3.05) is 0 Å². The number of hydrogen-bond acceptors (Lipinski definition) is 2. The summed E-state index contributed by atoms with van der Waals surface area (Å²) in [4.78, 5) is 10.5. The molecule has 3 nitrogen and oxygen atoms in total. The average Bonchev–Trinajstić information content (AvgIpc) is 1.98. The zero-order chi connectivity index (χ0) is 10.4. The molecule has 0 spiro atoms. The Bertz CT molecular complexity index is 157. The van der Waals surface area contributed by atoms with Crippen molar-refractivity contribution in [3.8, 4) is 0 Å². The van der Waals surface area contributed by atoms with E-state index in [1.54, 1.807) is 6.92 Å². The van der Waals surface area contributed by atoms with E-state index in [0.29, 0.717) is 12.3 Å². The van der Waals surface area contributed by atoms with Gasteiger partial charge in [-0.25, -0.2) is 0 Å². The van der Waals surface area contributed by atoms with Crippen LogP contribution in [-0.4, -0.2) is 17.1 Å². The van der Waals surface area contributed by atoms with Crippen LogP contribution in [0.1, 0.15) is 40.0 Å². The number of carboxylic acids is 1. The Labute approximate surface area is 80.3 Å². The minimum Gasteiger partial charge on any atom is -0.481 e. The van der Waals surface area contributed by atoms with Gasteiger partial charge in [0.1, 0.15) is 0 Å². The Morgan fingerprint density at radius 3 is 2.23 bits per heavy atom. The van der Waals surface area contributed by atoms with Gasteiger partial charge in [0.2, 0.25) is 0 Å². The molecule has 0 fully saturated rings. The predicted octanol–water partition coefficient (Wildman–Crippen LogP) is 1.86. The molecule has 0 radical (unpaired) electrons. The van der Waals surface area contributed by atoms with Crippen molar-refractivity contribution in [2.45, 2.75) is 46.1 Å². The minimum atomic E-state index is -0.725. The van der Waals surface area contributed by atoms with Crippen molar-refractivity contribution >= 4 is 5.97 Å². The highest BCUT2D eigenvalue weighted by atomic mass is 16.4. The molecule has 78 valence electrons. The predicted molar refractivity (Wildman–Crippen MR) is 53.5 cm³/mol. The summed E-state index contributed by atoms with van der Waals surface area (Å²) in [6, 6.07) is 0.154. The van der Waals surface area contributed by atoms with Gasteiger partial charge in [-0.15, -0.1) is 0 Å². The SMILES string of the molecule is CC(C)CC(N)CCC(C)C(=O)O. The summed E-state index contributed by atoms with van der Waals surface area (Å²) in [5, 5.41) is 8.64. The number of aliphatic carboxylic acids is 1. The molecule has 3 N–H and O–H groups in total. The van der Waals surface area contributed by atoms with Gasteiger partial charge >= 0.3 is 5.97 Å². The van der Waals surface area contributed by atoms with E-state index in [-0.39, 0.29) is 12.0 Å². The van der Waals surface area contributed by atoms with E-state index in [1.165, 1.54) is 0 Å². The van der Waals surface area contributed by atoms with E-state index in [4.69, 9.17) is 10.8 Å². The monoisotopic (exact) mass is 187 g/mol. The third-order valence-electron chi connectivity index (χ3n) is 2.17. The Hall–Kier alpha value is -0.570. The van der Waals surface area contributed by atoms with Crippen LogP contribution in [-0.2, 0) is 4.79 Å². The molecule has 0 saturated carbocycles. The lowest BCUT2D eigenvalue weighted by Crippen LogP contribution is -2.23. The molecule has 0 aromatic heterocycles. The molecule has 13 heavy (non-hydrogen) atoms. The zero-order valence-corrected chi connectivity index (χ0v) is 8.79. The number of nitrogens with two attached hydrogens (primary N) is 1. The van der Waals surface area contributed by atoms with Crippen LogP contribution in [0.25, 0.3) is 0 Å². The fraction of sp³-hybridized carbons (Fsp3) is 0.900. The Kier molecular flexibility index (Phi) is 5.71. The molecule has 0 aromatic rings. The molecule has 0 bridgehead atoms. The van der Waals surface area contributed by atoms with Crippen molar-refractivity contribution in [1.82, 2.24) is 0 Å². The Morgan fingerprint density at radius 2 is 1.85 bits per heavy atom. The van der Waals surface area contributed by atoms with Gasteiger partial charge in [0, 0.05) is 6.04 Å². The van der Waals surface area contributed by atoms with Crippen LogP contribution < -0.4 is 5.73 Å². The van der Waals surface area contributed by atoms with Gasteiger partial charge in [-0.2, -0.15) is 0 Å². The van der Waals surface area contributed by atoms with Crippen molar-refractivity contribution in [1.29, 1.82) is 0 Å². The summed E-state index contributed by atoms with van der Waals surface area (Å²) in [6.45, 7) is 5.98. The first-order valence-electron chi connectivity index (χ1n) is 4.91. The summed E-state index contributed by atoms with van der Waals surface area (Å²) >= 11 is 0. The van der Waals surface area contributed by atoms with Crippen molar-refractivity contribution in [2.24, 2.45) is 17.6 Å². The van der Waals surface area contributed by atoms with Crippen molar-refractivity contribution in [3.05, 3.63) is 0 Å². The van der Waals surface area contributed by atoms with Gasteiger partial charge in [0.25, 0.3) is 0 Å². The lowest BCUT2D eigenvalue weighted by molar-refractivity contribution is -0.141. The molecule has 0 heterocycles. The van der Waals surface area contributed by atoms with E-state index >= 15 is 0 Å². The molecule has 2 unspecified atom stereocenters. The molecular formula is C10H21NO2. The van der Waals surface area contributed by atoms with Gasteiger partial charge in [-0.05, 0) is 25.2 Å². The van der Waals surface area contributed by atoms with Crippen molar-refractivity contribution in [3.63, 3.8) is 0 Å². The standard InChI is InChI=1S/C10H21NO2/c1-7(2)6-9(11)5-4-8(3)10(12)13/h7-9H,4-6,11H2,1-3H3,(H,12,13). The first-order chi connectivity index (χ1) is 5.93. The van der Waals surface area contributed by atoms with Crippen LogP contribution >= 0.6 is 0 Å². The molecule has 0 amide bonds. The zero-order valence-electron chi connectivity index (χ0n) is 8.79. The third kappa shape index (κ3) is 6.58. The van der Waals surface area contributed by atoms with Gasteiger partial charge in [-0.1, -0.05) is 20.8 Å². The highest BCUT2D eigenvalue weighted by Gasteiger charge is 2.13. The number of carbonyl (C=O) groups is 1. The van der Waals surface area contributed by atoms with E-state index < -0.39 is 5.97 Å². The molecule has 0 aromatic carbocycles. The average molecular weight is 187 g/mol. The molecule has 0 rings (SSSR count). The third-order valence-corrected chi connectivity index (χ3v) is 2.17. The highest BCUT2D eigenvalue weighted by Crippen LogP contribution is 2.12. The van der Waals surface area contributed by atoms with E-state index in [1.807, 2.05) is 0 Å². The largest absolute Gasteiger partial charge is 0.481 e. The second kappa shape index (κ2) is 5.97. The quantitative estimate of drug-likeness (QED) is 0.667. The van der Waals surface area contributed by atoms with Gasteiger partial charge in [-0.3, -0.25) is 4.79 Å². The van der Waals surface area contributed by atoms with Gasteiger partial charge in [0.15, 0.2) is 0 Å². The topological polar surface area (TPSA) is 63.3 Å². The fourth-order valence-corrected chi connectivity index (χ4v) is 1.31. The second-order valence-electron chi connectivity index (χ2n) is 4.21. The van der Waals surface area contributed by atoms with E-state index in [0.717, 1.165) is 12.8 Å². The first kappa shape index (κ1) is 12.4. The summed E-state index contributed by atoms with van der Waals surface area (Å²) in [7, 11) is 0. The normalized spacial score (nSPS) is 15.8. The Balaban J connectivity index is 3.57. The van der Waals surface area contributed by atoms with Crippen LogP contribution in [0, 0.1) is 11.8 Å². The number of carboxylic acid groups (broad SMARTS) is 1. The summed E-state index contributed by atoms with van der Waals surface area (Å²) in [6.07, 6.45) is 2.47. The molecule has 0 aliphatic carbocycles.